The molecule has 0 aliphatic rings. The molecule has 2 atom stereocenters. The normalized spacial score (nSPS) is 15.8. The minimum atomic E-state index is -0.369. The highest BCUT2D eigenvalue weighted by atomic mass is 16.3. The number of hydrogen-bond donors (Lipinski definition) is 2. The molecule has 0 saturated heterocycles. The zero-order valence-corrected chi connectivity index (χ0v) is 8.49. The Morgan fingerprint density at radius 2 is 1.69 bits per heavy atom. The first kappa shape index (κ1) is 10.2. The summed E-state index contributed by atoms with van der Waals surface area (Å²) in [6, 6.07) is 10.0. The molecule has 0 heterocycles. The second-order valence-electron chi connectivity index (χ2n) is 3.72. The average Bonchev–Trinajstić information content (AvgIpc) is 2.17. The summed E-state index contributed by atoms with van der Waals surface area (Å²) in [6.07, 6.45) is -0.369. The SMILES string of the molecule is C[C@@H]([C@@H](O)c1ccccc1)[NH+](C)C. The summed E-state index contributed by atoms with van der Waals surface area (Å²) in [4.78, 5) is 1.26. The number of nitrogens with one attached hydrogen (secondary N) is 1. The van der Waals surface area contributed by atoms with Gasteiger partial charge in [0.15, 0.2) is 0 Å². The van der Waals surface area contributed by atoms with Crippen molar-refractivity contribution in [2.45, 2.75) is 19.1 Å². The highest BCUT2D eigenvalue weighted by molar-refractivity contribution is 5.17. The molecule has 0 unspecified atom stereocenters. The summed E-state index contributed by atoms with van der Waals surface area (Å²) < 4.78 is 0. The van der Waals surface area contributed by atoms with Crippen molar-refractivity contribution in [3.05, 3.63) is 35.9 Å². The number of benzene rings is 1. The van der Waals surface area contributed by atoms with Crippen molar-refractivity contribution in [3.63, 3.8) is 0 Å². The van der Waals surface area contributed by atoms with Crippen molar-refractivity contribution >= 4 is 0 Å². The summed E-state index contributed by atoms with van der Waals surface area (Å²) >= 11 is 0. The highest BCUT2D eigenvalue weighted by Crippen LogP contribution is 2.13. The molecule has 1 aromatic carbocycles. The molecule has 2 N–H and O–H groups in total. The van der Waals surface area contributed by atoms with Gasteiger partial charge in [-0.15, -0.1) is 0 Å². The maximum atomic E-state index is 9.94. The number of likely N-dealkylation sites (N-methyl/N-ethyl adjacent to an activating group) is 1. The first-order chi connectivity index (χ1) is 6.13. The molecule has 13 heavy (non-hydrogen) atoms. The van der Waals surface area contributed by atoms with Gasteiger partial charge in [-0.2, -0.15) is 0 Å². The van der Waals surface area contributed by atoms with Crippen LogP contribution in [0.4, 0.5) is 0 Å². The van der Waals surface area contributed by atoms with E-state index in [4.69, 9.17) is 0 Å². The Morgan fingerprint density at radius 1 is 1.15 bits per heavy atom. The Labute approximate surface area is 79.8 Å². The van der Waals surface area contributed by atoms with Crippen LogP contribution in [-0.4, -0.2) is 25.2 Å². The van der Waals surface area contributed by atoms with Crippen LogP contribution in [0, 0.1) is 0 Å². The van der Waals surface area contributed by atoms with Crippen LogP contribution in [0.1, 0.15) is 18.6 Å². The second-order valence-corrected chi connectivity index (χ2v) is 3.72. The number of quaternary nitrogens is 1. The van der Waals surface area contributed by atoms with Gasteiger partial charge in [0.2, 0.25) is 0 Å². The van der Waals surface area contributed by atoms with Crippen LogP contribution in [0.2, 0.25) is 0 Å². The van der Waals surface area contributed by atoms with E-state index < -0.39 is 0 Å². The molecule has 0 fully saturated rings. The molecule has 0 bridgehead atoms. The lowest BCUT2D eigenvalue weighted by molar-refractivity contribution is -0.888. The molecule has 1 aromatic rings. The van der Waals surface area contributed by atoms with E-state index in [2.05, 4.69) is 14.1 Å². The molecular formula is C11H18NO+. The summed E-state index contributed by atoms with van der Waals surface area (Å²) in [5, 5.41) is 9.94. The van der Waals surface area contributed by atoms with E-state index in [-0.39, 0.29) is 12.1 Å². The van der Waals surface area contributed by atoms with Crippen LogP contribution in [0.15, 0.2) is 30.3 Å². The van der Waals surface area contributed by atoms with E-state index in [9.17, 15) is 5.11 Å². The molecule has 1 rings (SSSR count). The predicted octanol–water partition coefficient (Wildman–Crippen LogP) is 0.253. The van der Waals surface area contributed by atoms with E-state index in [0.29, 0.717) is 0 Å². The number of aliphatic hydroxyl groups is 1. The maximum absolute atomic E-state index is 9.94. The average molecular weight is 180 g/mol. The Bertz CT molecular complexity index is 246. The quantitative estimate of drug-likeness (QED) is 0.685. The van der Waals surface area contributed by atoms with E-state index in [1.165, 1.54) is 4.90 Å². The summed E-state index contributed by atoms with van der Waals surface area (Å²) in [5.74, 6) is 0. The third kappa shape index (κ3) is 2.54. The zero-order valence-electron chi connectivity index (χ0n) is 8.49. The second kappa shape index (κ2) is 4.40. The molecule has 0 aliphatic carbocycles. The Hall–Kier alpha value is -0.860. The Morgan fingerprint density at radius 3 is 2.15 bits per heavy atom. The van der Waals surface area contributed by atoms with Crippen LogP contribution in [0.25, 0.3) is 0 Å². The van der Waals surface area contributed by atoms with Crippen molar-refractivity contribution in [2.24, 2.45) is 0 Å². The highest BCUT2D eigenvalue weighted by Gasteiger charge is 2.20. The van der Waals surface area contributed by atoms with Gasteiger partial charge in [-0.25, -0.2) is 0 Å². The smallest absolute Gasteiger partial charge is 0.130 e. The topological polar surface area (TPSA) is 24.7 Å². The summed E-state index contributed by atoms with van der Waals surface area (Å²) in [7, 11) is 4.10. The van der Waals surface area contributed by atoms with Gasteiger partial charge < -0.3 is 10.0 Å². The third-order valence-electron chi connectivity index (χ3n) is 2.53. The van der Waals surface area contributed by atoms with Crippen LogP contribution in [0.3, 0.4) is 0 Å². The standard InChI is InChI=1S/C11H17NO/c1-9(12(2)3)11(13)10-7-5-4-6-8-10/h4-9,11,13H,1-3H3/p+1/t9-,11+/m0/s1. The fraction of sp³-hybridized carbons (Fsp3) is 0.455. The van der Waals surface area contributed by atoms with E-state index in [0.717, 1.165) is 5.56 Å². The molecule has 2 heteroatoms. The van der Waals surface area contributed by atoms with Gasteiger partial charge in [0.25, 0.3) is 0 Å². The van der Waals surface area contributed by atoms with Crippen LogP contribution in [-0.2, 0) is 0 Å². The molecule has 72 valence electrons. The molecule has 0 aliphatic heterocycles. The molecule has 0 aromatic heterocycles. The number of hydrogen-bond acceptors (Lipinski definition) is 1. The lowest BCUT2D eigenvalue weighted by Crippen LogP contribution is -3.10. The van der Waals surface area contributed by atoms with Gasteiger partial charge in [-0.05, 0) is 12.5 Å². The largest absolute Gasteiger partial charge is 0.382 e. The fourth-order valence-corrected chi connectivity index (χ4v) is 1.25. The van der Waals surface area contributed by atoms with Gasteiger partial charge in [-0.1, -0.05) is 30.3 Å². The number of rotatable bonds is 3. The lowest BCUT2D eigenvalue weighted by atomic mass is 10.0. The van der Waals surface area contributed by atoms with Gasteiger partial charge in [-0.3, -0.25) is 0 Å². The van der Waals surface area contributed by atoms with Gasteiger partial charge >= 0.3 is 0 Å². The maximum Gasteiger partial charge on any atom is 0.130 e. The molecule has 2 nitrogen and oxygen atoms in total. The number of aliphatic hydroxyl groups excluding tert-OH is 1. The molecular weight excluding hydrogens is 162 g/mol. The summed E-state index contributed by atoms with van der Waals surface area (Å²) in [5.41, 5.74) is 0.996. The van der Waals surface area contributed by atoms with Crippen molar-refractivity contribution in [1.82, 2.24) is 0 Å². The van der Waals surface area contributed by atoms with Gasteiger partial charge in [0, 0.05) is 0 Å². The minimum absolute atomic E-state index is 0.224. The van der Waals surface area contributed by atoms with Gasteiger partial charge in [0.05, 0.1) is 14.1 Å². The van der Waals surface area contributed by atoms with Gasteiger partial charge in [0.1, 0.15) is 12.1 Å². The van der Waals surface area contributed by atoms with Crippen molar-refractivity contribution in [3.8, 4) is 0 Å². The zero-order chi connectivity index (χ0) is 9.84. The van der Waals surface area contributed by atoms with E-state index in [1.807, 2.05) is 37.3 Å². The Balaban J connectivity index is 2.73. The van der Waals surface area contributed by atoms with Crippen molar-refractivity contribution in [1.29, 1.82) is 0 Å². The van der Waals surface area contributed by atoms with E-state index in [1.54, 1.807) is 0 Å². The predicted molar refractivity (Wildman–Crippen MR) is 53.7 cm³/mol. The summed E-state index contributed by atoms with van der Waals surface area (Å²) in [6.45, 7) is 2.05. The molecule has 0 amide bonds. The lowest BCUT2D eigenvalue weighted by Gasteiger charge is -2.22. The van der Waals surface area contributed by atoms with E-state index >= 15 is 0 Å². The first-order valence-electron chi connectivity index (χ1n) is 4.66. The van der Waals surface area contributed by atoms with Crippen LogP contribution >= 0.6 is 0 Å². The van der Waals surface area contributed by atoms with Crippen LogP contribution in [0.5, 0.6) is 0 Å². The molecule has 0 radical (unpaired) electrons. The minimum Gasteiger partial charge on any atom is -0.382 e. The van der Waals surface area contributed by atoms with Crippen molar-refractivity contribution in [2.75, 3.05) is 14.1 Å². The Kier molecular flexibility index (Phi) is 3.46. The first-order valence-corrected chi connectivity index (χ1v) is 4.66. The third-order valence-corrected chi connectivity index (χ3v) is 2.53. The van der Waals surface area contributed by atoms with Crippen LogP contribution < -0.4 is 4.90 Å². The monoisotopic (exact) mass is 180 g/mol. The molecule has 0 spiro atoms. The molecule has 0 saturated carbocycles. The fourth-order valence-electron chi connectivity index (χ4n) is 1.25. The van der Waals surface area contributed by atoms with Crippen molar-refractivity contribution < 1.29 is 10.0 Å².